The number of rotatable bonds is 3. The average Bonchev–Trinajstić information content (AvgIpc) is 2.10. The number of hydrogen-bond acceptors (Lipinski definition) is 1. The van der Waals surface area contributed by atoms with Crippen molar-refractivity contribution in [3.63, 3.8) is 0 Å². The molecule has 0 radical (unpaired) electrons. The van der Waals surface area contributed by atoms with Crippen LogP contribution in [0.25, 0.3) is 0 Å². The molecule has 0 saturated heterocycles. The van der Waals surface area contributed by atoms with Gasteiger partial charge in [0.15, 0.2) is 0 Å². The molecule has 0 atom stereocenters. The molecule has 0 heterocycles. The van der Waals surface area contributed by atoms with E-state index in [1.165, 1.54) is 6.07 Å². The van der Waals surface area contributed by atoms with E-state index < -0.39 is 0 Å². The summed E-state index contributed by atoms with van der Waals surface area (Å²) < 4.78 is 12.9. The molecule has 15 heavy (non-hydrogen) atoms. The lowest BCUT2D eigenvalue weighted by Crippen LogP contribution is -2.13. The van der Waals surface area contributed by atoms with E-state index in [0.717, 1.165) is 0 Å². The molecule has 0 unspecified atom stereocenters. The summed E-state index contributed by atoms with van der Waals surface area (Å²) >= 11 is 0. The Morgan fingerprint density at radius 2 is 2.13 bits per heavy atom. The lowest BCUT2D eigenvalue weighted by Gasteiger charge is -2.07. The molecular weight excluding hydrogens is 193 g/mol. The van der Waals surface area contributed by atoms with Gasteiger partial charge in [-0.2, -0.15) is 0 Å². The summed E-state index contributed by atoms with van der Waals surface area (Å²) in [5.41, 5.74) is 1.19. The molecule has 0 bridgehead atoms. The first-order valence-corrected chi connectivity index (χ1v) is 5.05. The third-order valence-corrected chi connectivity index (χ3v) is 2.04. The number of aryl methyl sites for hydroxylation is 1. The highest BCUT2D eigenvalue weighted by atomic mass is 19.1. The zero-order chi connectivity index (χ0) is 11.4. The molecule has 2 nitrogen and oxygen atoms in total. The lowest BCUT2D eigenvalue weighted by molar-refractivity contribution is -0.116. The second-order valence-electron chi connectivity index (χ2n) is 4.11. The Morgan fingerprint density at radius 3 is 2.67 bits per heavy atom. The first-order valence-electron chi connectivity index (χ1n) is 5.05. The van der Waals surface area contributed by atoms with Gasteiger partial charge in [0.2, 0.25) is 5.91 Å². The number of carbonyl (C=O) groups excluding carboxylic acids is 1. The average molecular weight is 209 g/mol. The van der Waals surface area contributed by atoms with Crippen molar-refractivity contribution in [2.75, 3.05) is 5.32 Å². The minimum absolute atomic E-state index is 0.0315. The highest BCUT2D eigenvalue weighted by Gasteiger charge is 2.06. The van der Waals surface area contributed by atoms with Crippen molar-refractivity contribution in [1.82, 2.24) is 0 Å². The van der Waals surface area contributed by atoms with Gasteiger partial charge in [-0.3, -0.25) is 4.79 Å². The minimum atomic E-state index is -0.253. The van der Waals surface area contributed by atoms with E-state index in [1.54, 1.807) is 19.1 Å². The van der Waals surface area contributed by atoms with Crippen LogP contribution >= 0.6 is 0 Å². The van der Waals surface area contributed by atoms with E-state index in [-0.39, 0.29) is 11.7 Å². The fraction of sp³-hybridized carbons (Fsp3) is 0.417. The molecule has 0 saturated carbocycles. The zero-order valence-corrected chi connectivity index (χ0v) is 9.30. The smallest absolute Gasteiger partial charge is 0.224 e. The second-order valence-corrected chi connectivity index (χ2v) is 4.11. The summed E-state index contributed by atoms with van der Waals surface area (Å²) in [7, 11) is 0. The Bertz CT molecular complexity index is 361. The van der Waals surface area contributed by atoms with Gasteiger partial charge in [0.1, 0.15) is 5.82 Å². The Morgan fingerprint density at radius 1 is 1.47 bits per heavy atom. The van der Waals surface area contributed by atoms with E-state index in [2.05, 4.69) is 5.32 Å². The van der Waals surface area contributed by atoms with E-state index in [1.807, 2.05) is 13.8 Å². The van der Waals surface area contributed by atoms with Crippen LogP contribution in [0.5, 0.6) is 0 Å². The van der Waals surface area contributed by atoms with Crippen molar-refractivity contribution < 1.29 is 9.18 Å². The van der Waals surface area contributed by atoms with Gasteiger partial charge in [0, 0.05) is 12.1 Å². The maximum atomic E-state index is 12.9. The molecular formula is C12H16FNO. The number of amides is 1. The monoisotopic (exact) mass is 209 g/mol. The molecule has 0 aliphatic heterocycles. The van der Waals surface area contributed by atoms with Gasteiger partial charge in [0.25, 0.3) is 0 Å². The molecule has 1 aromatic rings. The van der Waals surface area contributed by atoms with Gasteiger partial charge in [-0.25, -0.2) is 4.39 Å². The Balaban J connectivity index is 2.65. The highest BCUT2D eigenvalue weighted by Crippen LogP contribution is 2.14. The van der Waals surface area contributed by atoms with Gasteiger partial charge >= 0.3 is 0 Å². The maximum Gasteiger partial charge on any atom is 0.224 e. The number of halogens is 1. The van der Waals surface area contributed by atoms with Crippen LogP contribution in [0.4, 0.5) is 10.1 Å². The largest absolute Gasteiger partial charge is 0.326 e. The van der Waals surface area contributed by atoms with E-state index in [4.69, 9.17) is 0 Å². The van der Waals surface area contributed by atoms with Crippen molar-refractivity contribution in [3.8, 4) is 0 Å². The lowest BCUT2D eigenvalue weighted by atomic mass is 10.1. The fourth-order valence-corrected chi connectivity index (χ4v) is 1.31. The predicted octanol–water partition coefficient (Wildman–Crippen LogP) is 3.12. The van der Waals surface area contributed by atoms with Crippen LogP contribution in [0.15, 0.2) is 18.2 Å². The number of hydrogen-bond donors (Lipinski definition) is 1. The number of nitrogens with one attached hydrogen (secondary N) is 1. The van der Waals surface area contributed by atoms with Crippen molar-refractivity contribution in [2.24, 2.45) is 5.92 Å². The van der Waals surface area contributed by atoms with Crippen LogP contribution in [-0.4, -0.2) is 5.91 Å². The molecule has 1 amide bonds. The van der Waals surface area contributed by atoms with Crippen LogP contribution in [-0.2, 0) is 4.79 Å². The Hall–Kier alpha value is -1.38. The van der Waals surface area contributed by atoms with E-state index in [0.29, 0.717) is 23.6 Å². The van der Waals surface area contributed by atoms with Gasteiger partial charge in [0.05, 0.1) is 0 Å². The number of benzene rings is 1. The molecule has 0 aliphatic carbocycles. The molecule has 1 N–H and O–H groups in total. The first kappa shape index (κ1) is 11.7. The van der Waals surface area contributed by atoms with Crippen LogP contribution in [0.1, 0.15) is 25.8 Å². The second kappa shape index (κ2) is 4.91. The van der Waals surface area contributed by atoms with E-state index >= 15 is 0 Å². The fourth-order valence-electron chi connectivity index (χ4n) is 1.31. The topological polar surface area (TPSA) is 29.1 Å². The normalized spacial score (nSPS) is 10.5. The number of anilines is 1. The van der Waals surface area contributed by atoms with Crippen molar-refractivity contribution in [1.29, 1.82) is 0 Å². The molecule has 82 valence electrons. The standard InChI is InChI=1S/C12H16FNO/c1-8(2)6-12(15)14-10-4-5-11(13)9(3)7-10/h4-5,7-8H,6H2,1-3H3,(H,14,15). The van der Waals surface area contributed by atoms with Crippen molar-refractivity contribution in [3.05, 3.63) is 29.6 Å². The molecule has 0 spiro atoms. The third kappa shape index (κ3) is 3.70. The summed E-state index contributed by atoms with van der Waals surface area (Å²) in [5, 5.41) is 2.74. The molecule has 0 aromatic heterocycles. The third-order valence-electron chi connectivity index (χ3n) is 2.04. The molecule has 1 rings (SSSR count). The van der Waals surface area contributed by atoms with Crippen molar-refractivity contribution >= 4 is 11.6 Å². The van der Waals surface area contributed by atoms with Crippen LogP contribution < -0.4 is 5.32 Å². The quantitative estimate of drug-likeness (QED) is 0.814. The summed E-state index contributed by atoms with van der Waals surface area (Å²) in [6.45, 7) is 5.64. The van der Waals surface area contributed by atoms with Gasteiger partial charge < -0.3 is 5.32 Å². The summed E-state index contributed by atoms with van der Waals surface area (Å²) in [4.78, 5) is 11.4. The minimum Gasteiger partial charge on any atom is -0.326 e. The predicted molar refractivity (Wildman–Crippen MR) is 59.2 cm³/mol. The van der Waals surface area contributed by atoms with Crippen molar-refractivity contribution in [2.45, 2.75) is 27.2 Å². The Kier molecular flexibility index (Phi) is 3.83. The van der Waals surface area contributed by atoms with E-state index in [9.17, 15) is 9.18 Å². The summed E-state index contributed by atoms with van der Waals surface area (Å²) in [6.07, 6.45) is 0.483. The zero-order valence-electron chi connectivity index (χ0n) is 9.30. The van der Waals surface area contributed by atoms with Crippen LogP contribution in [0.3, 0.4) is 0 Å². The van der Waals surface area contributed by atoms with Crippen LogP contribution in [0.2, 0.25) is 0 Å². The Labute approximate surface area is 89.5 Å². The SMILES string of the molecule is Cc1cc(NC(=O)CC(C)C)ccc1F. The summed E-state index contributed by atoms with van der Waals surface area (Å²) in [5.74, 6) is 0.0411. The highest BCUT2D eigenvalue weighted by molar-refractivity contribution is 5.90. The van der Waals surface area contributed by atoms with Gasteiger partial charge in [-0.15, -0.1) is 0 Å². The van der Waals surface area contributed by atoms with Gasteiger partial charge in [-0.1, -0.05) is 13.8 Å². The first-order chi connectivity index (χ1) is 6.99. The van der Waals surface area contributed by atoms with Gasteiger partial charge in [-0.05, 0) is 36.6 Å². The number of carbonyl (C=O) groups is 1. The molecule has 3 heteroatoms. The van der Waals surface area contributed by atoms with Crippen LogP contribution in [0, 0.1) is 18.7 Å². The summed E-state index contributed by atoms with van der Waals surface area (Å²) in [6, 6.07) is 4.56. The molecule has 0 aliphatic rings. The molecule has 1 aromatic carbocycles. The molecule has 0 fully saturated rings. The maximum absolute atomic E-state index is 12.9.